The van der Waals surface area contributed by atoms with Gasteiger partial charge in [0.25, 0.3) is 0 Å². The molecule has 0 fully saturated rings. The van der Waals surface area contributed by atoms with Gasteiger partial charge in [0.2, 0.25) is 0 Å². The van der Waals surface area contributed by atoms with Crippen LogP contribution >= 0.6 is 0 Å². The van der Waals surface area contributed by atoms with Gasteiger partial charge in [-0.15, -0.1) is 0 Å². The van der Waals surface area contributed by atoms with Gasteiger partial charge in [-0.05, 0) is 0 Å². The summed E-state index contributed by atoms with van der Waals surface area (Å²) in [7, 11) is -4.71. The maximum atomic E-state index is 11.0. The van der Waals surface area contributed by atoms with E-state index in [1.165, 1.54) is 0 Å². The van der Waals surface area contributed by atoms with Crippen LogP contribution in [0.5, 0.6) is 0 Å². The van der Waals surface area contributed by atoms with E-state index >= 15 is 0 Å². The van der Waals surface area contributed by atoms with Crippen molar-refractivity contribution in [3.63, 3.8) is 0 Å². The van der Waals surface area contributed by atoms with Gasteiger partial charge >= 0.3 is 55.3 Å². The first-order chi connectivity index (χ1) is 3.25. The van der Waals surface area contributed by atoms with Gasteiger partial charge in [0.1, 0.15) is 0 Å². The van der Waals surface area contributed by atoms with Crippen LogP contribution in [-0.4, -0.2) is 35.1 Å². The van der Waals surface area contributed by atoms with Gasteiger partial charge in [-0.25, -0.2) is 0 Å². The predicted molar refractivity (Wildman–Crippen MR) is 22.1 cm³/mol. The van der Waals surface area contributed by atoms with E-state index in [1.54, 1.807) is 0 Å². The van der Waals surface area contributed by atoms with Crippen molar-refractivity contribution in [1.82, 2.24) is 0 Å². The van der Waals surface area contributed by atoms with Gasteiger partial charge in [-0.1, -0.05) is 0 Å². The fraction of sp³-hybridized carbons (Fsp3) is 1.00. The van der Waals surface area contributed by atoms with E-state index in [0.29, 0.717) is 0 Å². The van der Waals surface area contributed by atoms with Crippen molar-refractivity contribution in [2.75, 3.05) is 0 Å². The third kappa shape index (κ3) is 2.20. The van der Waals surface area contributed by atoms with E-state index in [9.17, 15) is 21.6 Å². The van der Waals surface area contributed by atoms with Crippen LogP contribution in [0.2, 0.25) is 0 Å². The van der Waals surface area contributed by atoms with Crippen molar-refractivity contribution in [2.45, 2.75) is 5.51 Å². The summed E-state index contributed by atoms with van der Waals surface area (Å²) < 4.78 is 52.2. The van der Waals surface area contributed by atoms with Crippen molar-refractivity contribution < 1.29 is 21.6 Å². The number of rotatable bonds is 0. The SMILES string of the molecule is O=[S](=O)([SnH])C(F)(F)F. The van der Waals surface area contributed by atoms with Gasteiger partial charge in [-0.2, -0.15) is 0 Å². The standard InChI is InChI=1S/CF3O2S.Sn.H/c2-1(3,4)7(5)6;;. The number of hydrogen-bond donors (Lipinski definition) is 0. The fourth-order valence-electron chi connectivity index (χ4n) is 0. The Morgan fingerprint density at radius 1 is 1.25 bits per heavy atom. The molecule has 2 radical (unpaired) electrons. The quantitative estimate of drug-likeness (QED) is 0.557. The molecule has 0 aliphatic carbocycles. The Kier molecular flexibility index (Phi) is 2.19. The molecule has 0 bridgehead atoms. The molecule has 0 heterocycles. The molecule has 0 rings (SSSR count). The second-order valence-corrected chi connectivity index (χ2v) is 7.86. The van der Waals surface area contributed by atoms with Gasteiger partial charge < -0.3 is 0 Å². The zero-order valence-corrected chi connectivity index (χ0v) is 7.55. The van der Waals surface area contributed by atoms with E-state index in [2.05, 4.69) is 0 Å². The van der Waals surface area contributed by atoms with Crippen LogP contribution in [0.15, 0.2) is 0 Å². The zero-order chi connectivity index (χ0) is 7.00. The molecular weight excluding hydrogens is 252 g/mol. The molecule has 2 nitrogen and oxygen atoms in total. The summed E-state index contributed by atoms with van der Waals surface area (Å²) in [6.07, 6.45) is 0. The summed E-state index contributed by atoms with van der Waals surface area (Å²) in [5.74, 6) is 0. The average molecular weight is 253 g/mol. The third-order valence-corrected chi connectivity index (χ3v) is 3.26. The molecule has 7 heteroatoms. The molecule has 0 aliphatic rings. The first kappa shape index (κ1) is 8.54. The molecule has 0 aromatic carbocycles. The van der Waals surface area contributed by atoms with Gasteiger partial charge in [0.05, 0.1) is 0 Å². The van der Waals surface area contributed by atoms with Crippen molar-refractivity contribution >= 4 is 28.2 Å². The van der Waals surface area contributed by atoms with Crippen LogP contribution in [0.3, 0.4) is 0 Å². The first-order valence-electron chi connectivity index (χ1n) is 1.34. The van der Waals surface area contributed by atoms with Crippen LogP contribution in [0.1, 0.15) is 0 Å². The second kappa shape index (κ2) is 2.05. The summed E-state index contributed by atoms with van der Waals surface area (Å²) in [5, 5.41) is 0. The molecule has 8 heavy (non-hydrogen) atoms. The number of halogens is 3. The van der Waals surface area contributed by atoms with Crippen LogP contribution < -0.4 is 0 Å². The molecule has 0 aromatic heterocycles. The van der Waals surface area contributed by atoms with Crippen LogP contribution in [0, 0.1) is 0 Å². The Bertz CT molecular complexity index is 166. The number of alkyl halides is 3. The van der Waals surface area contributed by atoms with Crippen LogP contribution in [0.4, 0.5) is 13.2 Å². The summed E-state index contributed by atoms with van der Waals surface area (Å²) in [4.78, 5) is 0. The summed E-state index contributed by atoms with van der Waals surface area (Å²) in [5.41, 5.74) is -5.03. The predicted octanol–water partition coefficient (Wildman–Crippen LogP) is -0.263. The molecule has 48 valence electrons. The molecular formula is CHF3O2SSn. The summed E-state index contributed by atoms with van der Waals surface area (Å²) in [6.45, 7) is 0. The second-order valence-electron chi connectivity index (χ2n) is 0.991. The Hall–Kier alpha value is 0.539. The summed E-state index contributed by atoms with van der Waals surface area (Å²) >= 11 is -0.803. The van der Waals surface area contributed by atoms with Gasteiger partial charge in [0.15, 0.2) is 0 Å². The van der Waals surface area contributed by atoms with Crippen molar-refractivity contribution in [3.8, 4) is 0 Å². The Morgan fingerprint density at radius 2 is 1.38 bits per heavy atom. The maximum absolute atomic E-state index is 11.0. The zero-order valence-electron chi connectivity index (χ0n) is 3.44. The molecule has 0 N–H and O–H groups in total. The molecule has 0 spiro atoms. The van der Waals surface area contributed by atoms with Gasteiger partial charge in [0, 0.05) is 0 Å². The van der Waals surface area contributed by atoms with E-state index < -0.39 is 33.7 Å². The molecule has 0 aromatic rings. The van der Waals surface area contributed by atoms with Crippen LogP contribution in [-0.2, 0) is 7.02 Å². The molecule has 0 amide bonds. The molecule has 0 saturated heterocycles. The Balaban J connectivity index is 4.53. The minimum atomic E-state index is -5.03. The molecule has 0 aliphatic heterocycles. The average Bonchev–Trinajstić information content (AvgIpc) is 1.25. The minimum absolute atomic E-state index is 0.803. The fourth-order valence-corrected chi connectivity index (χ4v) is 0. The molecule has 0 saturated carbocycles. The molecule has 0 atom stereocenters. The Morgan fingerprint density at radius 3 is 1.38 bits per heavy atom. The van der Waals surface area contributed by atoms with Crippen molar-refractivity contribution in [1.29, 1.82) is 0 Å². The van der Waals surface area contributed by atoms with Crippen molar-refractivity contribution in [2.24, 2.45) is 0 Å². The third-order valence-electron chi connectivity index (χ3n) is 0.323. The Labute approximate surface area is 55.5 Å². The van der Waals surface area contributed by atoms with E-state index in [-0.39, 0.29) is 0 Å². The normalized spacial score (nSPS) is 14.0. The van der Waals surface area contributed by atoms with E-state index in [4.69, 9.17) is 0 Å². The van der Waals surface area contributed by atoms with E-state index in [1.807, 2.05) is 0 Å². The van der Waals surface area contributed by atoms with Crippen LogP contribution in [0.25, 0.3) is 0 Å². The monoisotopic (exact) mass is 254 g/mol. The van der Waals surface area contributed by atoms with Gasteiger partial charge in [-0.3, -0.25) is 0 Å². The van der Waals surface area contributed by atoms with Crippen molar-refractivity contribution in [3.05, 3.63) is 0 Å². The number of hydrogen-bond acceptors (Lipinski definition) is 2. The first-order valence-corrected chi connectivity index (χ1v) is 6.92. The van der Waals surface area contributed by atoms with E-state index in [0.717, 1.165) is 0 Å². The summed E-state index contributed by atoms with van der Waals surface area (Å²) in [6, 6.07) is 0. The topological polar surface area (TPSA) is 34.1 Å². The molecule has 0 unspecified atom stereocenters.